The summed E-state index contributed by atoms with van der Waals surface area (Å²) in [6.07, 6.45) is 5.10. The topological polar surface area (TPSA) is 73.6 Å². The second kappa shape index (κ2) is 10.2. The Morgan fingerprint density at radius 3 is 2.68 bits per heavy atom. The fraction of sp³-hybridized carbons (Fsp3) is 0.161. The third kappa shape index (κ3) is 4.78. The number of amides is 1. The Kier molecular flexibility index (Phi) is 6.64. The van der Waals surface area contributed by atoms with Crippen molar-refractivity contribution >= 4 is 39.0 Å². The number of aryl methyl sites for hydroxylation is 1. The lowest BCUT2D eigenvalue weighted by Gasteiger charge is -2.13. The highest BCUT2D eigenvalue weighted by Crippen LogP contribution is 2.40. The van der Waals surface area contributed by atoms with Crippen molar-refractivity contribution in [3.05, 3.63) is 90.3 Å². The average molecular weight is 493 g/mol. The number of benzene rings is 3. The van der Waals surface area contributed by atoms with Crippen LogP contribution in [0.25, 0.3) is 38.6 Å². The SMILES string of the molecule is CCOc1ccc(-c2coc3c(C)c(OC)c(/C(C)=C/C(=O)Nc4ccc5ncccc5c4)cc23)cc1. The van der Waals surface area contributed by atoms with Gasteiger partial charge in [0.2, 0.25) is 5.91 Å². The standard InChI is InChI=1S/C31H28N2O4/c1-5-36-24-11-8-21(9-12-24)27-18-37-31-20(3)30(35-4)25(17-26(27)31)19(2)15-29(34)33-23-10-13-28-22(16-23)7-6-14-32-28/h6-18H,5H2,1-4H3,(H,33,34)/b19-15+. The highest BCUT2D eigenvalue weighted by Gasteiger charge is 2.19. The van der Waals surface area contributed by atoms with Crippen LogP contribution in [-0.4, -0.2) is 24.6 Å². The molecule has 3 aromatic carbocycles. The van der Waals surface area contributed by atoms with Crippen molar-refractivity contribution in [2.45, 2.75) is 20.8 Å². The van der Waals surface area contributed by atoms with Crippen LogP contribution in [0.1, 0.15) is 25.0 Å². The number of anilines is 1. The van der Waals surface area contributed by atoms with E-state index in [-0.39, 0.29) is 5.91 Å². The lowest BCUT2D eigenvalue weighted by Crippen LogP contribution is -2.08. The number of hydrogen-bond acceptors (Lipinski definition) is 5. The van der Waals surface area contributed by atoms with E-state index in [0.29, 0.717) is 18.0 Å². The summed E-state index contributed by atoms with van der Waals surface area (Å²) in [5.41, 5.74) is 6.81. The summed E-state index contributed by atoms with van der Waals surface area (Å²) in [7, 11) is 1.63. The van der Waals surface area contributed by atoms with E-state index in [9.17, 15) is 4.79 Å². The first-order valence-corrected chi connectivity index (χ1v) is 12.1. The van der Waals surface area contributed by atoms with E-state index in [1.807, 2.05) is 81.4 Å². The van der Waals surface area contributed by atoms with Gasteiger partial charge < -0.3 is 19.2 Å². The fourth-order valence-electron chi connectivity index (χ4n) is 4.60. The quantitative estimate of drug-likeness (QED) is 0.240. The van der Waals surface area contributed by atoms with Crippen LogP contribution in [-0.2, 0) is 4.79 Å². The molecule has 0 unspecified atom stereocenters. The molecule has 6 heteroatoms. The van der Waals surface area contributed by atoms with Crippen LogP contribution in [0.2, 0.25) is 0 Å². The smallest absolute Gasteiger partial charge is 0.248 e. The van der Waals surface area contributed by atoms with Gasteiger partial charge in [-0.2, -0.15) is 0 Å². The van der Waals surface area contributed by atoms with Crippen molar-refractivity contribution in [3.8, 4) is 22.6 Å². The molecule has 0 saturated carbocycles. The Bertz CT molecular complexity index is 1630. The van der Waals surface area contributed by atoms with Crippen molar-refractivity contribution in [2.75, 3.05) is 19.0 Å². The van der Waals surface area contributed by atoms with Crippen molar-refractivity contribution < 1.29 is 18.7 Å². The van der Waals surface area contributed by atoms with Gasteiger partial charge in [0.15, 0.2) is 0 Å². The van der Waals surface area contributed by atoms with Crippen molar-refractivity contribution in [2.24, 2.45) is 0 Å². The summed E-state index contributed by atoms with van der Waals surface area (Å²) in [4.78, 5) is 17.3. The van der Waals surface area contributed by atoms with Gasteiger partial charge in [-0.05, 0) is 74.4 Å². The van der Waals surface area contributed by atoms with Crippen LogP contribution in [0.15, 0.2) is 83.6 Å². The highest BCUT2D eigenvalue weighted by atomic mass is 16.5. The lowest BCUT2D eigenvalue weighted by molar-refractivity contribution is -0.111. The second-order valence-electron chi connectivity index (χ2n) is 8.79. The Morgan fingerprint density at radius 1 is 1.11 bits per heavy atom. The maximum atomic E-state index is 12.9. The molecule has 0 aliphatic carbocycles. The molecule has 0 spiro atoms. The molecular formula is C31H28N2O4. The zero-order chi connectivity index (χ0) is 25.9. The van der Waals surface area contributed by atoms with Crippen LogP contribution in [0.4, 0.5) is 5.69 Å². The summed E-state index contributed by atoms with van der Waals surface area (Å²) >= 11 is 0. The van der Waals surface area contributed by atoms with E-state index in [1.54, 1.807) is 25.6 Å². The summed E-state index contributed by atoms with van der Waals surface area (Å²) < 4.78 is 17.3. The number of carbonyl (C=O) groups is 1. The number of pyridine rings is 1. The molecule has 186 valence electrons. The molecule has 1 amide bonds. The zero-order valence-corrected chi connectivity index (χ0v) is 21.3. The number of ether oxygens (including phenoxy) is 2. The molecule has 1 N–H and O–H groups in total. The van der Waals surface area contributed by atoms with Crippen molar-refractivity contribution in [1.82, 2.24) is 4.98 Å². The molecule has 0 radical (unpaired) electrons. The van der Waals surface area contributed by atoms with Gasteiger partial charge in [-0.25, -0.2) is 0 Å². The molecule has 0 fully saturated rings. The number of furan rings is 1. The molecule has 0 saturated heterocycles. The Morgan fingerprint density at radius 2 is 1.92 bits per heavy atom. The van der Waals surface area contributed by atoms with Crippen LogP contribution in [0, 0.1) is 6.92 Å². The average Bonchev–Trinajstić information content (AvgIpc) is 3.33. The van der Waals surface area contributed by atoms with E-state index in [0.717, 1.165) is 55.4 Å². The molecule has 2 aromatic heterocycles. The number of fused-ring (bicyclic) bond motifs is 2. The Labute approximate surface area is 215 Å². The second-order valence-corrected chi connectivity index (χ2v) is 8.79. The van der Waals surface area contributed by atoms with Gasteiger partial charge in [0, 0.05) is 45.4 Å². The van der Waals surface area contributed by atoms with Gasteiger partial charge in [0.05, 0.1) is 25.5 Å². The highest BCUT2D eigenvalue weighted by molar-refractivity contribution is 6.06. The molecule has 6 nitrogen and oxygen atoms in total. The van der Waals surface area contributed by atoms with Gasteiger partial charge in [-0.3, -0.25) is 9.78 Å². The molecule has 5 rings (SSSR count). The minimum atomic E-state index is -0.223. The van der Waals surface area contributed by atoms with Crippen molar-refractivity contribution in [1.29, 1.82) is 0 Å². The van der Waals surface area contributed by atoms with Gasteiger partial charge in [-0.1, -0.05) is 18.2 Å². The van der Waals surface area contributed by atoms with Gasteiger partial charge in [0.1, 0.15) is 17.1 Å². The number of nitrogens with one attached hydrogen (secondary N) is 1. The summed E-state index contributed by atoms with van der Waals surface area (Å²) in [6.45, 7) is 6.45. The summed E-state index contributed by atoms with van der Waals surface area (Å²) in [5, 5.41) is 4.87. The predicted molar refractivity (Wildman–Crippen MR) is 148 cm³/mol. The van der Waals surface area contributed by atoms with Crippen LogP contribution in [0.5, 0.6) is 11.5 Å². The van der Waals surface area contributed by atoms with E-state index in [2.05, 4.69) is 10.3 Å². The fourth-order valence-corrected chi connectivity index (χ4v) is 4.60. The first-order chi connectivity index (χ1) is 18.0. The minimum absolute atomic E-state index is 0.223. The van der Waals surface area contributed by atoms with Crippen molar-refractivity contribution in [3.63, 3.8) is 0 Å². The molecule has 0 aliphatic heterocycles. The number of rotatable bonds is 7. The number of allylic oxidation sites excluding steroid dienone is 1. The van der Waals surface area contributed by atoms with E-state index in [1.165, 1.54) is 0 Å². The van der Waals surface area contributed by atoms with Crippen LogP contribution >= 0.6 is 0 Å². The number of methoxy groups -OCH3 is 1. The third-order valence-electron chi connectivity index (χ3n) is 6.37. The molecule has 0 atom stereocenters. The van der Waals surface area contributed by atoms with Crippen LogP contribution < -0.4 is 14.8 Å². The van der Waals surface area contributed by atoms with Gasteiger partial charge in [0.25, 0.3) is 0 Å². The maximum absolute atomic E-state index is 12.9. The van der Waals surface area contributed by atoms with E-state index in [4.69, 9.17) is 13.9 Å². The first kappa shape index (κ1) is 24.1. The molecular weight excluding hydrogens is 464 g/mol. The largest absolute Gasteiger partial charge is 0.496 e. The summed E-state index contributed by atoms with van der Waals surface area (Å²) in [6, 6.07) is 19.5. The lowest BCUT2D eigenvalue weighted by atomic mass is 9.96. The third-order valence-corrected chi connectivity index (χ3v) is 6.37. The predicted octanol–water partition coefficient (Wildman–Crippen LogP) is 7.41. The molecule has 37 heavy (non-hydrogen) atoms. The molecule has 0 bridgehead atoms. The monoisotopic (exact) mass is 492 g/mol. The number of carbonyl (C=O) groups excluding carboxylic acids is 1. The van der Waals surface area contributed by atoms with Gasteiger partial charge >= 0.3 is 0 Å². The maximum Gasteiger partial charge on any atom is 0.248 e. The van der Waals surface area contributed by atoms with E-state index >= 15 is 0 Å². The van der Waals surface area contributed by atoms with Crippen LogP contribution in [0.3, 0.4) is 0 Å². The molecule has 5 aromatic rings. The first-order valence-electron chi connectivity index (χ1n) is 12.1. The molecule has 0 aliphatic rings. The van der Waals surface area contributed by atoms with E-state index < -0.39 is 0 Å². The number of aromatic nitrogens is 1. The summed E-state index contributed by atoms with van der Waals surface area (Å²) in [5.74, 6) is 1.28. The Hall–Kier alpha value is -4.58. The molecule has 2 heterocycles. The number of nitrogens with zero attached hydrogens (tertiary/aromatic N) is 1. The number of hydrogen-bond donors (Lipinski definition) is 1. The van der Waals surface area contributed by atoms with Gasteiger partial charge in [-0.15, -0.1) is 0 Å². The minimum Gasteiger partial charge on any atom is -0.496 e. The zero-order valence-electron chi connectivity index (χ0n) is 21.3. The Balaban J connectivity index is 1.49. The normalized spacial score (nSPS) is 11.6.